The minimum atomic E-state index is -0.0485. The number of aromatic nitrogens is 3. The summed E-state index contributed by atoms with van der Waals surface area (Å²) in [7, 11) is 1.73. The van der Waals surface area contributed by atoms with Crippen LogP contribution in [0.1, 0.15) is 61.9 Å². The van der Waals surface area contributed by atoms with Crippen LogP contribution in [0.2, 0.25) is 5.02 Å². The van der Waals surface area contributed by atoms with Crippen molar-refractivity contribution in [1.29, 1.82) is 0 Å². The van der Waals surface area contributed by atoms with Gasteiger partial charge in [-0.05, 0) is 43.4 Å². The van der Waals surface area contributed by atoms with E-state index in [1.165, 1.54) is 17.5 Å². The highest BCUT2D eigenvalue weighted by atomic mass is 35.5. The van der Waals surface area contributed by atoms with Crippen LogP contribution in [-0.4, -0.2) is 38.4 Å². The average Bonchev–Trinajstić information content (AvgIpc) is 3.36. The number of hydrogen-bond acceptors (Lipinski definition) is 3. The summed E-state index contributed by atoms with van der Waals surface area (Å²) < 4.78 is 3.41. The fourth-order valence-electron chi connectivity index (χ4n) is 4.52. The Morgan fingerprint density at radius 1 is 1.14 bits per heavy atom. The van der Waals surface area contributed by atoms with Gasteiger partial charge in [0.15, 0.2) is 0 Å². The molecule has 1 aromatic heterocycles. The Morgan fingerprint density at radius 2 is 1.79 bits per heavy atom. The van der Waals surface area contributed by atoms with E-state index in [2.05, 4.69) is 10.4 Å². The Labute approximate surface area is 175 Å². The third kappa shape index (κ3) is 4.34. The molecule has 0 spiro atoms. The molecule has 2 fully saturated rings. The summed E-state index contributed by atoms with van der Waals surface area (Å²) in [5.41, 5.74) is 1.02. The lowest BCUT2D eigenvalue weighted by molar-refractivity contribution is 0.179. The minimum Gasteiger partial charge on any atom is -0.334 e. The Hall–Kier alpha value is -2.28. The third-order valence-electron chi connectivity index (χ3n) is 6.18. The lowest BCUT2D eigenvalue weighted by Gasteiger charge is -2.32. The number of nitrogens with zero attached hydrogens (tertiary/aromatic N) is 4. The van der Waals surface area contributed by atoms with Crippen molar-refractivity contribution in [3.63, 3.8) is 0 Å². The van der Waals surface area contributed by atoms with Crippen LogP contribution in [0.3, 0.4) is 0 Å². The summed E-state index contributed by atoms with van der Waals surface area (Å²) in [6.45, 7) is 1.83. The van der Waals surface area contributed by atoms with Crippen molar-refractivity contribution >= 4 is 17.6 Å². The zero-order valence-corrected chi connectivity index (χ0v) is 17.6. The number of carbonyl (C=O) groups excluding carboxylic acids is 1. The monoisotopic (exact) mass is 417 g/mol. The maximum absolute atomic E-state index is 12.6. The van der Waals surface area contributed by atoms with E-state index in [1.807, 2.05) is 33.7 Å². The molecule has 1 saturated heterocycles. The Bertz CT molecular complexity index is 906. The van der Waals surface area contributed by atoms with Gasteiger partial charge in [0, 0.05) is 43.7 Å². The van der Waals surface area contributed by atoms with Crippen LogP contribution in [0.25, 0.3) is 0 Å². The predicted octanol–water partition coefficient (Wildman–Crippen LogP) is 3.44. The van der Waals surface area contributed by atoms with E-state index >= 15 is 0 Å². The molecule has 1 saturated carbocycles. The van der Waals surface area contributed by atoms with E-state index < -0.39 is 0 Å². The Balaban J connectivity index is 1.36. The minimum absolute atomic E-state index is 0.00460. The normalized spacial score (nSPS) is 18.3. The van der Waals surface area contributed by atoms with Gasteiger partial charge in [0.1, 0.15) is 5.82 Å². The van der Waals surface area contributed by atoms with E-state index in [-0.39, 0.29) is 23.7 Å². The van der Waals surface area contributed by atoms with Gasteiger partial charge in [-0.1, -0.05) is 36.6 Å². The molecule has 1 aliphatic carbocycles. The number of amides is 2. The second-order valence-corrected chi connectivity index (χ2v) is 8.56. The molecule has 0 radical (unpaired) electrons. The lowest BCUT2D eigenvalue weighted by atomic mass is 9.95. The topological polar surface area (TPSA) is 72.2 Å². The van der Waals surface area contributed by atoms with Crippen molar-refractivity contribution in [3.05, 3.63) is 51.2 Å². The first-order chi connectivity index (χ1) is 14.0. The molecular weight excluding hydrogens is 390 g/mol. The van der Waals surface area contributed by atoms with Crippen LogP contribution in [0, 0.1) is 0 Å². The van der Waals surface area contributed by atoms with Gasteiger partial charge >= 0.3 is 11.7 Å². The van der Waals surface area contributed by atoms with Crippen molar-refractivity contribution in [2.24, 2.45) is 7.05 Å². The highest BCUT2D eigenvalue weighted by Crippen LogP contribution is 2.33. The molecule has 1 aromatic carbocycles. The fraction of sp³-hybridized carbons (Fsp3) is 0.571. The molecule has 0 unspecified atom stereocenters. The Morgan fingerprint density at radius 3 is 2.45 bits per heavy atom. The van der Waals surface area contributed by atoms with Crippen LogP contribution in [0.4, 0.5) is 4.79 Å². The quantitative estimate of drug-likeness (QED) is 0.828. The van der Waals surface area contributed by atoms with E-state index in [0.717, 1.165) is 37.1 Å². The molecule has 4 rings (SSSR count). The standard InChI is InChI=1S/C21H28ClN5O2/c1-25-21(29)27(18-4-2-3-5-18)19(24-25)16-10-12-26(13-11-16)20(28)23-14-15-6-8-17(22)9-7-15/h6-9,16,18H,2-5,10-14H2,1H3,(H,23,28). The summed E-state index contributed by atoms with van der Waals surface area (Å²) in [5, 5.41) is 8.24. The number of benzene rings is 1. The van der Waals surface area contributed by atoms with Crippen molar-refractivity contribution in [1.82, 2.24) is 24.6 Å². The third-order valence-corrected chi connectivity index (χ3v) is 6.43. The van der Waals surface area contributed by atoms with Crippen molar-refractivity contribution < 1.29 is 4.79 Å². The highest BCUT2D eigenvalue weighted by molar-refractivity contribution is 6.30. The smallest absolute Gasteiger partial charge is 0.334 e. The SMILES string of the molecule is Cn1nc(C2CCN(C(=O)NCc3ccc(Cl)cc3)CC2)n(C2CCCC2)c1=O. The molecule has 1 N–H and O–H groups in total. The molecular formula is C21H28ClN5O2. The largest absolute Gasteiger partial charge is 0.345 e. The van der Waals surface area contributed by atoms with E-state index in [1.54, 1.807) is 7.05 Å². The van der Waals surface area contributed by atoms with E-state index in [4.69, 9.17) is 11.6 Å². The van der Waals surface area contributed by atoms with Gasteiger partial charge < -0.3 is 10.2 Å². The average molecular weight is 418 g/mol. The second kappa shape index (κ2) is 8.61. The number of halogens is 1. The first-order valence-corrected chi connectivity index (χ1v) is 10.8. The number of carbonyl (C=O) groups is 1. The van der Waals surface area contributed by atoms with Gasteiger partial charge in [0.05, 0.1) is 0 Å². The van der Waals surface area contributed by atoms with Crippen LogP contribution in [-0.2, 0) is 13.6 Å². The van der Waals surface area contributed by atoms with Crippen molar-refractivity contribution in [2.75, 3.05) is 13.1 Å². The van der Waals surface area contributed by atoms with Gasteiger partial charge in [-0.2, -0.15) is 5.10 Å². The first kappa shape index (κ1) is 20.0. The number of nitrogens with one attached hydrogen (secondary N) is 1. The van der Waals surface area contributed by atoms with Gasteiger partial charge in [-0.15, -0.1) is 0 Å². The number of urea groups is 1. The highest BCUT2D eigenvalue weighted by Gasteiger charge is 2.31. The number of aryl methyl sites for hydroxylation is 1. The lowest BCUT2D eigenvalue weighted by Crippen LogP contribution is -2.44. The number of hydrogen-bond donors (Lipinski definition) is 1. The molecule has 2 amide bonds. The van der Waals surface area contributed by atoms with E-state index in [9.17, 15) is 9.59 Å². The first-order valence-electron chi connectivity index (χ1n) is 10.5. The maximum Gasteiger partial charge on any atom is 0.345 e. The number of piperidine rings is 1. The molecule has 8 heteroatoms. The summed E-state index contributed by atoms with van der Waals surface area (Å²) in [5.74, 6) is 1.13. The van der Waals surface area contributed by atoms with Crippen molar-refractivity contribution in [2.45, 2.75) is 57.0 Å². The predicted molar refractivity (Wildman–Crippen MR) is 112 cm³/mol. The van der Waals surface area contributed by atoms with Crippen molar-refractivity contribution in [3.8, 4) is 0 Å². The fourth-order valence-corrected chi connectivity index (χ4v) is 4.64. The molecule has 2 heterocycles. The summed E-state index contributed by atoms with van der Waals surface area (Å²) in [6, 6.07) is 7.71. The summed E-state index contributed by atoms with van der Waals surface area (Å²) in [6.07, 6.45) is 6.14. The molecule has 7 nitrogen and oxygen atoms in total. The molecule has 0 atom stereocenters. The molecule has 0 bridgehead atoms. The number of rotatable bonds is 4. The maximum atomic E-state index is 12.6. The molecule has 2 aromatic rings. The van der Waals surface area contributed by atoms with Crippen LogP contribution in [0.15, 0.2) is 29.1 Å². The van der Waals surface area contributed by atoms with Crippen LogP contribution >= 0.6 is 11.6 Å². The Kier molecular flexibility index (Phi) is 5.94. The van der Waals surface area contributed by atoms with Gasteiger partial charge in [-0.25, -0.2) is 14.3 Å². The van der Waals surface area contributed by atoms with Crippen LogP contribution in [0.5, 0.6) is 0 Å². The second-order valence-electron chi connectivity index (χ2n) is 8.12. The van der Waals surface area contributed by atoms with Gasteiger partial charge in [0.2, 0.25) is 0 Å². The molecule has 2 aliphatic rings. The summed E-state index contributed by atoms with van der Waals surface area (Å²) >= 11 is 5.90. The van der Waals surface area contributed by atoms with E-state index in [0.29, 0.717) is 24.7 Å². The van der Waals surface area contributed by atoms with Gasteiger partial charge in [-0.3, -0.25) is 4.57 Å². The zero-order chi connectivity index (χ0) is 20.4. The summed E-state index contributed by atoms with van der Waals surface area (Å²) in [4.78, 5) is 27.0. The zero-order valence-electron chi connectivity index (χ0n) is 16.8. The van der Waals surface area contributed by atoms with Crippen LogP contribution < -0.4 is 11.0 Å². The van der Waals surface area contributed by atoms with Gasteiger partial charge in [0.25, 0.3) is 0 Å². The molecule has 156 valence electrons. The number of likely N-dealkylation sites (tertiary alicyclic amines) is 1. The molecule has 1 aliphatic heterocycles. The molecule has 29 heavy (non-hydrogen) atoms.